The minimum Gasteiger partial charge on any atom is -0.387 e. The number of hydrogen-bond donors (Lipinski definition) is 6. The number of phosphoric acid groups is 2. The first kappa shape index (κ1) is 31.9. The van der Waals surface area contributed by atoms with Crippen LogP contribution < -0.4 is 11.3 Å². The van der Waals surface area contributed by atoms with E-state index in [2.05, 4.69) is 33.0 Å². The Kier molecular flexibility index (Phi) is 10.2. The van der Waals surface area contributed by atoms with Gasteiger partial charge in [-0.3, -0.25) is 41.9 Å². The molecule has 2 aromatic rings. The number of aromatic amines is 1. The number of halogens is 1. The number of nitrogens with two attached hydrogens (primary N) is 1. The van der Waals surface area contributed by atoms with E-state index in [0.29, 0.717) is 0 Å². The molecule has 4 unspecified atom stereocenters. The average molecular weight is 627 g/mol. The van der Waals surface area contributed by atoms with Crippen LogP contribution in [0, 0.1) is 0 Å². The molecule has 1 fully saturated rings. The second-order valence-electron chi connectivity index (χ2n) is 7.72. The predicted octanol–water partition coefficient (Wildman–Crippen LogP) is -0.673. The SMILES string of the molecule is CO[C@@H]1[C@H](O)[C@@H](COP(=O)(O)OCC(COP(=O)(O)OC)OP(=O)(O)F)O[C@H]1n1cnc2c(=O)[nH]c(N)nc21. The number of phosphoric ester groups is 2. The van der Waals surface area contributed by atoms with Gasteiger partial charge < -0.3 is 30.1 Å². The molecule has 24 heteroatoms. The van der Waals surface area contributed by atoms with Gasteiger partial charge in [-0.2, -0.15) is 4.98 Å². The van der Waals surface area contributed by atoms with Gasteiger partial charge in [-0.1, -0.05) is 0 Å². The summed E-state index contributed by atoms with van der Waals surface area (Å²) in [4.78, 5) is 50.2. The zero-order valence-electron chi connectivity index (χ0n) is 20.0. The molecule has 0 aromatic carbocycles. The molecule has 0 spiro atoms. The lowest BCUT2D eigenvalue weighted by Crippen LogP contribution is -2.35. The van der Waals surface area contributed by atoms with E-state index in [1.54, 1.807) is 0 Å². The molecule has 2 aromatic heterocycles. The molecule has 1 saturated heterocycles. The van der Waals surface area contributed by atoms with Gasteiger partial charge in [-0.05, 0) is 0 Å². The standard InChI is InChI=1S/C15H25FN5O15P3/c1-30-11-10(22)8(35-14(11)21-6-18-9-12(21)19-15(17)20-13(9)23)5-34-39(28,29)33-4-7(36-37(16,24)25)3-32-38(26,27)31-2/h6-8,10-11,14,22H,3-5H2,1-2H3,(H,24,25)(H,26,27)(H,28,29)(H3,17,19,20,23)/t7?,8-,10-,11-,14-/m1/s1. The Morgan fingerprint density at radius 3 is 2.41 bits per heavy atom. The lowest BCUT2D eigenvalue weighted by Gasteiger charge is -2.21. The number of aliphatic hydroxyl groups excluding tert-OH is 1. The fourth-order valence-electron chi connectivity index (χ4n) is 3.37. The fourth-order valence-corrected chi connectivity index (χ4v) is 5.08. The summed E-state index contributed by atoms with van der Waals surface area (Å²) in [6, 6.07) is 0. The number of fused-ring (bicyclic) bond motifs is 1. The number of imidazole rings is 1. The lowest BCUT2D eigenvalue weighted by atomic mass is 10.1. The molecule has 7 N–H and O–H groups in total. The first-order chi connectivity index (χ1) is 18.1. The Hall–Kier alpha value is -1.67. The van der Waals surface area contributed by atoms with Gasteiger partial charge in [0.1, 0.15) is 24.4 Å². The van der Waals surface area contributed by atoms with Gasteiger partial charge in [0.25, 0.3) is 5.56 Å². The molecule has 222 valence electrons. The van der Waals surface area contributed by atoms with E-state index in [9.17, 15) is 37.6 Å². The van der Waals surface area contributed by atoms with Crippen LogP contribution in [0.15, 0.2) is 11.1 Å². The van der Waals surface area contributed by atoms with Crippen LogP contribution in [-0.4, -0.2) is 97.8 Å². The number of hydrogen-bond acceptors (Lipinski definition) is 15. The van der Waals surface area contributed by atoms with Crippen LogP contribution in [0.5, 0.6) is 0 Å². The van der Waals surface area contributed by atoms with Gasteiger partial charge in [-0.25, -0.2) is 18.7 Å². The van der Waals surface area contributed by atoms with Crippen molar-refractivity contribution < 1.29 is 69.8 Å². The summed E-state index contributed by atoms with van der Waals surface area (Å²) in [5, 5.41) is 10.6. The molecule has 0 saturated carbocycles. The minimum absolute atomic E-state index is 0.00331. The summed E-state index contributed by atoms with van der Waals surface area (Å²) < 4.78 is 81.9. The lowest BCUT2D eigenvalue weighted by molar-refractivity contribution is -0.0590. The van der Waals surface area contributed by atoms with Crippen molar-refractivity contribution in [1.29, 1.82) is 0 Å². The van der Waals surface area contributed by atoms with Gasteiger partial charge in [0, 0.05) is 14.2 Å². The highest BCUT2D eigenvalue weighted by molar-refractivity contribution is 7.47. The second-order valence-corrected chi connectivity index (χ2v) is 11.8. The topological polar surface area (TPSA) is 286 Å². The maximum Gasteiger partial charge on any atom is 0.510 e. The summed E-state index contributed by atoms with van der Waals surface area (Å²) in [6.07, 6.45) is -5.79. The van der Waals surface area contributed by atoms with Crippen molar-refractivity contribution in [1.82, 2.24) is 19.5 Å². The number of H-pyrrole nitrogens is 1. The van der Waals surface area contributed by atoms with Crippen LogP contribution in [0.3, 0.4) is 0 Å². The van der Waals surface area contributed by atoms with E-state index in [1.165, 1.54) is 18.0 Å². The number of aliphatic hydroxyl groups is 1. The molecule has 0 amide bonds. The first-order valence-electron chi connectivity index (χ1n) is 10.5. The zero-order chi connectivity index (χ0) is 29.2. The summed E-state index contributed by atoms with van der Waals surface area (Å²) in [7, 11) is -13.3. The number of rotatable bonds is 14. The number of nitrogen functional groups attached to an aromatic ring is 1. The summed E-state index contributed by atoms with van der Waals surface area (Å²) in [5.41, 5.74) is 4.85. The highest BCUT2D eigenvalue weighted by Gasteiger charge is 2.47. The van der Waals surface area contributed by atoms with Crippen molar-refractivity contribution in [2.24, 2.45) is 0 Å². The van der Waals surface area contributed by atoms with Crippen LogP contribution in [0.2, 0.25) is 0 Å². The predicted molar refractivity (Wildman–Crippen MR) is 124 cm³/mol. The Morgan fingerprint density at radius 2 is 1.82 bits per heavy atom. The van der Waals surface area contributed by atoms with Crippen LogP contribution in [0.25, 0.3) is 11.2 Å². The number of methoxy groups -OCH3 is 1. The summed E-state index contributed by atoms with van der Waals surface area (Å²) >= 11 is 0. The molecule has 0 radical (unpaired) electrons. The van der Waals surface area contributed by atoms with E-state index >= 15 is 0 Å². The molecule has 39 heavy (non-hydrogen) atoms. The minimum atomic E-state index is -5.69. The highest BCUT2D eigenvalue weighted by Crippen LogP contribution is 2.49. The number of ether oxygens (including phenoxy) is 2. The van der Waals surface area contributed by atoms with Gasteiger partial charge >= 0.3 is 23.6 Å². The number of nitrogens with zero attached hydrogens (tertiary/aromatic N) is 3. The Bertz CT molecular complexity index is 1350. The van der Waals surface area contributed by atoms with Crippen LogP contribution in [0.4, 0.5) is 10.1 Å². The van der Waals surface area contributed by atoms with Crippen LogP contribution in [-0.2, 0) is 45.8 Å². The van der Waals surface area contributed by atoms with Crippen LogP contribution in [0.1, 0.15) is 6.23 Å². The van der Waals surface area contributed by atoms with E-state index in [-0.39, 0.29) is 17.1 Å². The van der Waals surface area contributed by atoms with E-state index in [4.69, 9.17) is 24.6 Å². The fraction of sp³-hybridized carbons (Fsp3) is 0.667. The van der Waals surface area contributed by atoms with Crippen molar-refractivity contribution in [3.63, 3.8) is 0 Å². The maximum atomic E-state index is 13.1. The smallest absolute Gasteiger partial charge is 0.387 e. The van der Waals surface area contributed by atoms with Gasteiger partial charge in [0.15, 0.2) is 17.4 Å². The number of anilines is 1. The molecule has 1 aliphatic rings. The van der Waals surface area contributed by atoms with Crippen molar-refractivity contribution in [2.75, 3.05) is 39.8 Å². The van der Waals surface area contributed by atoms with E-state index in [1.807, 2.05) is 0 Å². The molecule has 1 aliphatic heterocycles. The Morgan fingerprint density at radius 1 is 1.18 bits per heavy atom. The molecule has 3 rings (SSSR count). The number of aromatic nitrogens is 4. The van der Waals surface area contributed by atoms with Crippen molar-refractivity contribution >= 4 is 40.7 Å². The molecule has 0 aliphatic carbocycles. The third kappa shape index (κ3) is 8.42. The Labute approximate surface area is 217 Å². The first-order valence-corrected chi connectivity index (χ1v) is 15.0. The normalized spacial score (nSPS) is 27.2. The summed E-state index contributed by atoms with van der Waals surface area (Å²) in [5.74, 6) is -0.220. The largest absolute Gasteiger partial charge is 0.510 e. The second kappa shape index (κ2) is 12.5. The molecule has 8 atom stereocenters. The zero-order valence-corrected chi connectivity index (χ0v) is 22.7. The van der Waals surface area contributed by atoms with Crippen molar-refractivity contribution in [3.8, 4) is 0 Å². The monoisotopic (exact) mass is 627 g/mol. The average Bonchev–Trinajstić information content (AvgIpc) is 3.39. The van der Waals surface area contributed by atoms with Gasteiger partial charge in [0.05, 0.1) is 26.1 Å². The molecule has 20 nitrogen and oxygen atoms in total. The molecular weight excluding hydrogens is 602 g/mol. The van der Waals surface area contributed by atoms with Crippen molar-refractivity contribution in [2.45, 2.75) is 30.6 Å². The molecule has 3 heterocycles. The quantitative estimate of drug-likeness (QED) is 0.142. The van der Waals surface area contributed by atoms with Crippen molar-refractivity contribution in [3.05, 3.63) is 16.7 Å². The molecular formula is C15H25FN5O15P3. The number of nitrogens with one attached hydrogen (secondary N) is 1. The van der Waals surface area contributed by atoms with Gasteiger partial charge in [-0.15, -0.1) is 4.20 Å². The van der Waals surface area contributed by atoms with E-state index < -0.39 is 79.6 Å². The molecule has 0 bridgehead atoms. The van der Waals surface area contributed by atoms with Gasteiger partial charge in [0.2, 0.25) is 5.95 Å². The Balaban J connectivity index is 1.66. The van der Waals surface area contributed by atoms with E-state index in [0.717, 1.165) is 7.11 Å². The third-order valence-corrected chi connectivity index (χ3v) is 7.51. The highest BCUT2D eigenvalue weighted by atomic mass is 31.2. The third-order valence-electron chi connectivity index (χ3n) is 5.07. The summed E-state index contributed by atoms with van der Waals surface area (Å²) in [6.45, 7) is -2.99. The van der Waals surface area contributed by atoms with Crippen LogP contribution >= 0.6 is 23.6 Å². The maximum absolute atomic E-state index is 13.1.